The Kier molecular flexibility index (Phi) is 19.6. The van der Waals surface area contributed by atoms with Crippen LogP contribution in [0.1, 0.15) is 60.3 Å². The van der Waals surface area contributed by atoms with Gasteiger partial charge in [0.05, 0.1) is 26.4 Å². The first-order valence-corrected chi connectivity index (χ1v) is 9.67. The van der Waals surface area contributed by atoms with Gasteiger partial charge >= 0.3 is 0 Å². The number of carbonyl (C=O) groups excluding carboxylic acids is 2. The molecule has 3 N–H and O–H groups in total. The van der Waals surface area contributed by atoms with E-state index >= 15 is 0 Å². The van der Waals surface area contributed by atoms with E-state index < -0.39 is 5.60 Å². The fourth-order valence-electron chi connectivity index (χ4n) is 1.51. The van der Waals surface area contributed by atoms with Crippen molar-refractivity contribution in [1.82, 2.24) is 10.6 Å². The Labute approximate surface area is 159 Å². The Morgan fingerprint density at radius 3 is 2.12 bits per heavy atom. The second-order valence-corrected chi connectivity index (χ2v) is 6.42. The molecule has 0 bridgehead atoms. The zero-order valence-corrected chi connectivity index (χ0v) is 17.3. The summed E-state index contributed by atoms with van der Waals surface area (Å²) in [5.41, 5.74) is -1.10. The molecule has 7 nitrogen and oxygen atoms in total. The number of hydrogen-bond donors (Lipinski definition) is 3. The van der Waals surface area contributed by atoms with Gasteiger partial charge in [0.2, 0.25) is 5.91 Å². The van der Waals surface area contributed by atoms with E-state index in [0.717, 1.165) is 19.4 Å². The van der Waals surface area contributed by atoms with E-state index in [1.165, 1.54) is 6.92 Å². The third-order valence-electron chi connectivity index (χ3n) is 3.74. The van der Waals surface area contributed by atoms with Crippen molar-refractivity contribution in [1.29, 1.82) is 0 Å². The fraction of sp³-hybridized carbons (Fsp3) is 0.895. The van der Waals surface area contributed by atoms with Crippen molar-refractivity contribution in [3.05, 3.63) is 0 Å². The Hall–Kier alpha value is -1.02. The van der Waals surface area contributed by atoms with Gasteiger partial charge in [0, 0.05) is 25.6 Å². The third kappa shape index (κ3) is 21.0. The van der Waals surface area contributed by atoms with E-state index in [9.17, 15) is 9.59 Å². The van der Waals surface area contributed by atoms with Crippen LogP contribution in [0.25, 0.3) is 0 Å². The average molecular weight is 377 g/mol. The van der Waals surface area contributed by atoms with Gasteiger partial charge in [-0.15, -0.1) is 0 Å². The van der Waals surface area contributed by atoms with E-state index in [0.29, 0.717) is 58.1 Å². The Morgan fingerprint density at radius 1 is 1.12 bits per heavy atom. The molecule has 0 aliphatic carbocycles. The van der Waals surface area contributed by atoms with Crippen LogP contribution in [0.3, 0.4) is 0 Å². The molecule has 0 saturated carbocycles. The summed E-state index contributed by atoms with van der Waals surface area (Å²) in [5.74, 6) is 0.0958. The van der Waals surface area contributed by atoms with Gasteiger partial charge in [-0.2, -0.15) is 0 Å². The van der Waals surface area contributed by atoms with Crippen LogP contribution in [0.15, 0.2) is 0 Å². The molecular weight excluding hydrogens is 336 g/mol. The first-order valence-electron chi connectivity index (χ1n) is 9.67. The van der Waals surface area contributed by atoms with E-state index in [2.05, 4.69) is 24.5 Å². The van der Waals surface area contributed by atoms with Crippen molar-refractivity contribution in [3.63, 3.8) is 0 Å². The maximum Gasteiger partial charge on any atom is 0.220 e. The topological polar surface area (TPSA) is 96.9 Å². The minimum atomic E-state index is -1.10. The molecule has 0 aromatic carbocycles. The van der Waals surface area contributed by atoms with Gasteiger partial charge in [0.15, 0.2) is 6.29 Å². The van der Waals surface area contributed by atoms with Crippen LogP contribution in [-0.4, -0.2) is 68.5 Å². The Balaban J connectivity index is 0. The number of rotatable bonds is 15. The first-order chi connectivity index (χ1) is 12.3. The SMILES string of the molecule is CCC(C)(O)C=O.CCCC(=O)NCCOCCOCCNC(C)CC. The fourth-order valence-corrected chi connectivity index (χ4v) is 1.51. The van der Waals surface area contributed by atoms with Crippen LogP contribution in [0.4, 0.5) is 0 Å². The highest BCUT2D eigenvalue weighted by atomic mass is 16.5. The maximum absolute atomic E-state index is 11.1. The predicted octanol–water partition coefficient (Wildman–Crippen LogP) is 1.67. The zero-order chi connectivity index (χ0) is 20.3. The largest absolute Gasteiger partial charge is 0.383 e. The molecule has 0 spiro atoms. The van der Waals surface area contributed by atoms with Gasteiger partial charge in [0.25, 0.3) is 0 Å². The predicted molar refractivity (Wildman–Crippen MR) is 104 cm³/mol. The van der Waals surface area contributed by atoms with Crippen molar-refractivity contribution in [3.8, 4) is 0 Å². The van der Waals surface area contributed by atoms with Crippen molar-refractivity contribution in [2.75, 3.05) is 39.5 Å². The van der Waals surface area contributed by atoms with Crippen LogP contribution in [-0.2, 0) is 19.1 Å². The number of carbonyl (C=O) groups is 2. The summed E-state index contributed by atoms with van der Waals surface area (Å²) < 4.78 is 10.8. The summed E-state index contributed by atoms with van der Waals surface area (Å²) in [5, 5.41) is 14.9. The van der Waals surface area contributed by atoms with Gasteiger partial charge < -0.3 is 30.0 Å². The van der Waals surface area contributed by atoms with Gasteiger partial charge in [-0.05, 0) is 33.1 Å². The highest BCUT2D eigenvalue weighted by molar-refractivity contribution is 5.75. The van der Waals surface area contributed by atoms with E-state index in [4.69, 9.17) is 14.6 Å². The number of hydrogen-bond acceptors (Lipinski definition) is 6. The highest BCUT2D eigenvalue weighted by Gasteiger charge is 2.13. The average Bonchev–Trinajstić information content (AvgIpc) is 2.63. The monoisotopic (exact) mass is 376 g/mol. The smallest absolute Gasteiger partial charge is 0.220 e. The number of ether oxygens (including phenoxy) is 2. The molecule has 2 unspecified atom stereocenters. The zero-order valence-electron chi connectivity index (χ0n) is 17.3. The van der Waals surface area contributed by atoms with Gasteiger partial charge in [-0.25, -0.2) is 0 Å². The lowest BCUT2D eigenvalue weighted by Crippen LogP contribution is -2.29. The molecule has 0 aromatic rings. The van der Waals surface area contributed by atoms with Crippen LogP contribution in [0, 0.1) is 0 Å². The molecular formula is C19H40N2O5. The minimum absolute atomic E-state index is 0.0958. The molecule has 0 aromatic heterocycles. The summed E-state index contributed by atoms with van der Waals surface area (Å²) in [6.45, 7) is 13.4. The molecule has 0 rings (SSSR count). The third-order valence-corrected chi connectivity index (χ3v) is 3.74. The number of aliphatic hydroxyl groups is 1. The lowest BCUT2D eigenvalue weighted by Gasteiger charge is -2.11. The van der Waals surface area contributed by atoms with Gasteiger partial charge in [-0.3, -0.25) is 4.79 Å². The summed E-state index contributed by atoms with van der Waals surface area (Å²) in [4.78, 5) is 20.9. The molecule has 156 valence electrons. The second-order valence-electron chi connectivity index (χ2n) is 6.42. The first kappa shape index (κ1) is 27.2. The molecule has 0 saturated heterocycles. The summed E-state index contributed by atoms with van der Waals surface area (Å²) in [7, 11) is 0. The summed E-state index contributed by atoms with van der Waals surface area (Å²) >= 11 is 0. The molecule has 0 aliphatic heterocycles. The molecule has 0 aliphatic rings. The van der Waals surface area contributed by atoms with Gasteiger partial charge in [0.1, 0.15) is 5.60 Å². The molecule has 0 fully saturated rings. The molecule has 0 heterocycles. The van der Waals surface area contributed by atoms with Crippen molar-refractivity contribution >= 4 is 12.2 Å². The summed E-state index contributed by atoms with van der Waals surface area (Å²) in [6.07, 6.45) is 3.63. The van der Waals surface area contributed by atoms with Crippen LogP contribution < -0.4 is 10.6 Å². The van der Waals surface area contributed by atoms with Crippen LogP contribution in [0.5, 0.6) is 0 Å². The molecule has 2 atom stereocenters. The van der Waals surface area contributed by atoms with Crippen molar-refractivity contribution in [2.45, 2.75) is 71.9 Å². The van der Waals surface area contributed by atoms with E-state index in [1.54, 1.807) is 6.92 Å². The Bertz CT molecular complexity index is 338. The van der Waals surface area contributed by atoms with Crippen LogP contribution >= 0.6 is 0 Å². The number of amides is 1. The minimum Gasteiger partial charge on any atom is -0.383 e. The van der Waals surface area contributed by atoms with Gasteiger partial charge in [-0.1, -0.05) is 20.8 Å². The maximum atomic E-state index is 11.1. The molecule has 26 heavy (non-hydrogen) atoms. The van der Waals surface area contributed by atoms with Crippen LogP contribution in [0.2, 0.25) is 0 Å². The summed E-state index contributed by atoms with van der Waals surface area (Å²) in [6, 6.07) is 0.548. The normalized spacial score (nSPS) is 13.9. The van der Waals surface area contributed by atoms with Crippen molar-refractivity contribution < 1.29 is 24.2 Å². The molecule has 0 radical (unpaired) electrons. The van der Waals surface area contributed by atoms with Crippen molar-refractivity contribution in [2.24, 2.45) is 0 Å². The van der Waals surface area contributed by atoms with E-state index in [-0.39, 0.29) is 5.91 Å². The number of aldehydes is 1. The standard InChI is InChI=1S/C14H30N2O3.C5H10O2/c1-4-6-14(17)16-8-10-19-12-11-18-9-7-15-13(3)5-2;1-3-5(2,7)4-6/h13,15H,4-12H2,1-3H3,(H,16,17);4,7H,3H2,1-2H3. The lowest BCUT2D eigenvalue weighted by molar-refractivity contribution is -0.122. The second kappa shape index (κ2) is 18.8. The molecule has 1 amide bonds. The molecule has 7 heteroatoms. The lowest BCUT2D eigenvalue weighted by atomic mass is 10.1. The quantitative estimate of drug-likeness (QED) is 0.297. The number of nitrogens with one attached hydrogen (secondary N) is 2. The Morgan fingerprint density at radius 2 is 1.69 bits per heavy atom. The highest BCUT2D eigenvalue weighted by Crippen LogP contribution is 2.01. The van der Waals surface area contributed by atoms with E-state index in [1.807, 2.05) is 6.92 Å².